The molecule has 1 aliphatic carbocycles. The summed E-state index contributed by atoms with van der Waals surface area (Å²) in [5, 5.41) is 10.8. The van der Waals surface area contributed by atoms with Crippen LogP contribution in [0.5, 0.6) is 0 Å². The maximum absolute atomic E-state index is 10.8. The number of hydrogen-bond acceptors (Lipinski definition) is 3. The van der Waals surface area contributed by atoms with E-state index in [0.29, 0.717) is 5.92 Å². The number of aliphatic hydroxyl groups is 1. The summed E-state index contributed by atoms with van der Waals surface area (Å²) >= 11 is 1.92. The van der Waals surface area contributed by atoms with Crippen LogP contribution in [0.1, 0.15) is 51.4 Å². The van der Waals surface area contributed by atoms with Gasteiger partial charge in [-0.1, -0.05) is 19.3 Å². The van der Waals surface area contributed by atoms with Crippen molar-refractivity contribution in [2.75, 3.05) is 18.1 Å². The standard InChI is InChI=1S/C14H24O2S/c15-14(7-9-17-11-14)12-4-8-16-13(10-12)5-2-1-3-6-13/h12,15H,1-11H2. The Kier molecular flexibility index (Phi) is 3.44. The van der Waals surface area contributed by atoms with Crippen molar-refractivity contribution < 1.29 is 9.84 Å². The van der Waals surface area contributed by atoms with E-state index in [0.717, 1.165) is 37.4 Å². The predicted molar refractivity (Wildman–Crippen MR) is 71.4 cm³/mol. The van der Waals surface area contributed by atoms with Gasteiger partial charge in [0.05, 0.1) is 11.2 Å². The van der Waals surface area contributed by atoms with Crippen molar-refractivity contribution in [3.05, 3.63) is 0 Å². The van der Waals surface area contributed by atoms with Crippen molar-refractivity contribution in [1.82, 2.24) is 0 Å². The Hall–Kier alpha value is 0.270. The summed E-state index contributed by atoms with van der Waals surface area (Å²) in [4.78, 5) is 0. The highest BCUT2D eigenvalue weighted by Gasteiger charge is 2.47. The summed E-state index contributed by atoms with van der Waals surface area (Å²) in [6.07, 6.45) is 9.65. The molecule has 0 aromatic carbocycles. The quantitative estimate of drug-likeness (QED) is 0.782. The second-order valence-electron chi connectivity index (χ2n) is 6.19. The van der Waals surface area contributed by atoms with Crippen LogP contribution in [0.25, 0.3) is 0 Å². The molecule has 2 saturated heterocycles. The highest BCUT2D eigenvalue weighted by Crippen LogP contribution is 2.47. The number of thioether (sulfide) groups is 1. The third-order valence-electron chi connectivity index (χ3n) is 5.05. The van der Waals surface area contributed by atoms with Crippen LogP contribution in [0.3, 0.4) is 0 Å². The fraction of sp³-hybridized carbons (Fsp3) is 1.00. The number of ether oxygens (including phenoxy) is 1. The van der Waals surface area contributed by atoms with Gasteiger partial charge in [0, 0.05) is 12.4 Å². The highest BCUT2D eigenvalue weighted by atomic mass is 32.2. The fourth-order valence-electron chi connectivity index (χ4n) is 3.92. The first-order chi connectivity index (χ1) is 8.23. The lowest BCUT2D eigenvalue weighted by Gasteiger charge is -2.47. The first kappa shape index (κ1) is 12.3. The second kappa shape index (κ2) is 4.75. The van der Waals surface area contributed by atoms with Crippen molar-refractivity contribution in [2.45, 2.75) is 62.6 Å². The molecule has 3 rings (SSSR count). The summed E-state index contributed by atoms with van der Waals surface area (Å²) in [6, 6.07) is 0. The Morgan fingerprint density at radius 2 is 1.94 bits per heavy atom. The van der Waals surface area contributed by atoms with Crippen LogP contribution >= 0.6 is 11.8 Å². The maximum atomic E-state index is 10.8. The summed E-state index contributed by atoms with van der Waals surface area (Å²) < 4.78 is 6.12. The minimum atomic E-state index is -0.376. The SMILES string of the molecule is OC1(C2CCOC3(CCCCC3)C2)CCSC1. The highest BCUT2D eigenvalue weighted by molar-refractivity contribution is 7.99. The van der Waals surface area contributed by atoms with E-state index in [9.17, 15) is 5.11 Å². The molecule has 2 atom stereocenters. The first-order valence-corrected chi connectivity index (χ1v) is 8.32. The van der Waals surface area contributed by atoms with Gasteiger partial charge in [-0.25, -0.2) is 0 Å². The van der Waals surface area contributed by atoms with Gasteiger partial charge in [-0.15, -0.1) is 0 Å². The van der Waals surface area contributed by atoms with E-state index in [1.54, 1.807) is 0 Å². The molecule has 1 saturated carbocycles. The molecule has 0 aromatic heterocycles. The Morgan fingerprint density at radius 1 is 1.12 bits per heavy atom. The molecule has 2 heterocycles. The van der Waals surface area contributed by atoms with Crippen molar-refractivity contribution in [1.29, 1.82) is 0 Å². The molecule has 0 amide bonds. The molecule has 1 N–H and O–H groups in total. The van der Waals surface area contributed by atoms with E-state index in [2.05, 4.69) is 0 Å². The van der Waals surface area contributed by atoms with Gasteiger partial charge in [0.25, 0.3) is 0 Å². The normalized spacial score (nSPS) is 41.8. The smallest absolute Gasteiger partial charge is 0.0775 e. The predicted octanol–water partition coefficient (Wildman–Crippen LogP) is 2.98. The fourth-order valence-corrected chi connectivity index (χ4v) is 5.30. The zero-order chi connectivity index (χ0) is 11.8. The second-order valence-corrected chi connectivity index (χ2v) is 7.29. The summed E-state index contributed by atoms with van der Waals surface area (Å²) in [7, 11) is 0. The van der Waals surface area contributed by atoms with Crippen LogP contribution in [0.2, 0.25) is 0 Å². The van der Waals surface area contributed by atoms with Crippen molar-refractivity contribution >= 4 is 11.8 Å². The average molecular weight is 256 g/mol. The number of hydrogen-bond donors (Lipinski definition) is 1. The van der Waals surface area contributed by atoms with Crippen LogP contribution in [-0.4, -0.2) is 34.4 Å². The lowest BCUT2D eigenvalue weighted by atomic mass is 9.70. The molecule has 2 unspecified atom stereocenters. The lowest BCUT2D eigenvalue weighted by Crippen LogP contribution is -2.49. The Labute approximate surface area is 108 Å². The maximum Gasteiger partial charge on any atom is 0.0775 e. The third-order valence-corrected chi connectivity index (χ3v) is 6.25. The average Bonchev–Trinajstić information content (AvgIpc) is 2.79. The summed E-state index contributed by atoms with van der Waals surface area (Å²) in [5.41, 5.74) is -0.233. The molecule has 17 heavy (non-hydrogen) atoms. The molecule has 2 nitrogen and oxygen atoms in total. The minimum Gasteiger partial charge on any atom is -0.389 e. The molecule has 98 valence electrons. The van der Waals surface area contributed by atoms with Crippen LogP contribution in [0.15, 0.2) is 0 Å². The van der Waals surface area contributed by atoms with Crippen molar-refractivity contribution in [3.8, 4) is 0 Å². The Morgan fingerprint density at radius 3 is 2.65 bits per heavy atom. The van der Waals surface area contributed by atoms with Crippen LogP contribution < -0.4 is 0 Å². The van der Waals surface area contributed by atoms with Crippen LogP contribution in [0.4, 0.5) is 0 Å². The molecule has 1 spiro atoms. The Bertz CT molecular complexity index is 262. The molecule has 0 aromatic rings. The van der Waals surface area contributed by atoms with Crippen molar-refractivity contribution in [2.24, 2.45) is 5.92 Å². The van der Waals surface area contributed by atoms with Gasteiger partial charge in [-0.3, -0.25) is 0 Å². The van der Waals surface area contributed by atoms with Crippen LogP contribution in [-0.2, 0) is 4.74 Å². The van der Waals surface area contributed by atoms with Gasteiger partial charge in [-0.2, -0.15) is 11.8 Å². The Balaban J connectivity index is 1.70. The molecular weight excluding hydrogens is 232 g/mol. The van der Waals surface area contributed by atoms with E-state index in [1.165, 1.54) is 32.1 Å². The van der Waals surface area contributed by atoms with Gasteiger partial charge in [0.15, 0.2) is 0 Å². The molecule has 3 aliphatic rings. The van der Waals surface area contributed by atoms with Gasteiger partial charge in [0.1, 0.15) is 0 Å². The minimum absolute atomic E-state index is 0.143. The summed E-state index contributed by atoms with van der Waals surface area (Å²) in [6.45, 7) is 0.873. The van der Waals surface area contributed by atoms with Gasteiger partial charge in [0.2, 0.25) is 0 Å². The van der Waals surface area contributed by atoms with Gasteiger partial charge in [-0.05, 0) is 43.8 Å². The van der Waals surface area contributed by atoms with E-state index >= 15 is 0 Å². The first-order valence-electron chi connectivity index (χ1n) is 7.17. The third kappa shape index (κ3) is 2.39. The molecule has 2 aliphatic heterocycles. The zero-order valence-corrected chi connectivity index (χ0v) is 11.4. The summed E-state index contributed by atoms with van der Waals surface area (Å²) in [5.74, 6) is 2.58. The van der Waals surface area contributed by atoms with E-state index in [1.807, 2.05) is 11.8 Å². The number of rotatable bonds is 1. The molecular formula is C14H24O2S. The molecule has 3 heteroatoms. The molecule has 0 bridgehead atoms. The molecule has 0 radical (unpaired) electrons. The van der Waals surface area contributed by atoms with E-state index in [-0.39, 0.29) is 11.2 Å². The van der Waals surface area contributed by atoms with E-state index in [4.69, 9.17) is 4.74 Å². The van der Waals surface area contributed by atoms with Gasteiger partial charge >= 0.3 is 0 Å². The van der Waals surface area contributed by atoms with Crippen molar-refractivity contribution in [3.63, 3.8) is 0 Å². The van der Waals surface area contributed by atoms with Crippen LogP contribution in [0, 0.1) is 5.92 Å². The van der Waals surface area contributed by atoms with Gasteiger partial charge < -0.3 is 9.84 Å². The lowest BCUT2D eigenvalue weighted by molar-refractivity contribution is -0.150. The van der Waals surface area contributed by atoms with E-state index < -0.39 is 0 Å². The molecule has 3 fully saturated rings. The largest absolute Gasteiger partial charge is 0.389 e. The zero-order valence-electron chi connectivity index (χ0n) is 10.6. The topological polar surface area (TPSA) is 29.5 Å². The monoisotopic (exact) mass is 256 g/mol.